The van der Waals surface area contributed by atoms with Crippen LogP contribution in [-0.2, 0) is 0 Å². The van der Waals surface area contributed by atoms with Gasteiger partial charge in [0, 0.05) is 6.04 Å². The van der Waals surface area contributed by atoms with Crippen molar-refractivity contribution in [1.29, 1.82) is 0 Å². The largest absolute Gasteiger partial charge is 0.478 e. The summed E-state index contributed by atoms with van der Waals surface area (Å²) in [7, 11) is 0. The van der Waals surface area contributed by atoms with Gasteiger partial charge in [-0.15, -0.1) is 0 Å². The summed E-state index contributed by atoms with van der Waals surface area (Å²) < 4.78 is 37.5. The van der Waals surface area contributed by atoms with E-state index >= 15 is 0 Å². The summed E-state index contributed by atoms with van der Waals surface area (Å²) in [4.78, 5) is 15.5. The Hall–Kier alpha value is -1.50. The van der Waals surface area contributed by atoms with Crippen molar-refractivity contribution < 1.29 is 23.1 Å². The number of rotatable bonds is 4. The van der Waals surface area contributed by atoms with E-state index in [1.165, 1.54) is 0 Å². The van der Waals surface area contributed by atoms with E-state index in [9.17, 15) is 18.0 Å². The Morgan fingerprint density at radius 3 is 2.47 bits per heavy atom. The summed E-state index contributed by atoms with van der Waals surface area (Å²) in [6, 6.07) is 1.65. The maximum Gasteiger partial charge on any atom is 0.405 e. The molecule has 0 amide bonds. The van der Waals surface area contributed by atoms with E-state index in [4.69, 9.17) is 16.7 Å². The van der Waals surface area contributed by atoms with E-state index in [1.54, 1.807) is 13.8 Å². The molecule has 0 saturated carbocycles. The number of carboxylic acids is 1. The summed E-state index contributed by atoms with van der Waals surface area (Å²) in [6.45, 7) is 1.88. The third kappa shape index (κ3) is 4.59. The monoisotopic (exact) mass is 296 g/mol. The van der Waals surface area contributed by atoms with Crippen LogP contribution in [0.25, 0.3) is 0 Å². The fourth-order valence-electron chi connectivity index (χ4n) is 1.47. The van der Waals surface area contributed by atoms with E-state index < -0.39 is 24.7 Å². The number of aromatic nitrogens is 1. The van der Waals surface area contributed by atoms with Gasteiger partial charge in [0.05, 0.1) is 5.56 Å². The second-order valence-electron chi connectivity index (χ2n) is 4.18. The smallest absolute Gasteiger partial charge is 0.405 e. The summed E-state index contributed by atoms with van der Waals surface area (Å²) >= 11 is 5.63. The zero-order valence-electron chi connectivity index (χ0n) is 10.2. The molecule has 0 spiro atoms. The van der Waals surface area contributed by atoms with Gasteiger partial charge in [0.2, 0.25) is 0 Å². The lowest BCUT2D eigenvalue weighted by Gasteiger charge is -2.29. The first-order valence-corrected chi connectivity index (χ1v) is 5.72. The molecular weight excluding hydrogens is 285 g/mol. The number of alkyl halides is 3. The minimum Gasteiger partial charge on any atom is -0.478 e. The topological polar surface area (TPSA) is 53.4 Å². The Balaban J connectivity index is 3.19. The molecule has 4 nitrogen and oxygen atoms in total. The van der Waals surface area contributed by atoms with Crippen molar-refractivity contribution in [2.24, 2.45) is 0 Å². The number of halogens is 4. The summed E-state index contributed by atoms with van der Waals surface area (Å²) in [6.07, 6.45) is -4.42. The summed E-state index contributed by atoms with van der Waals surface area (Å²) in [5.41, 5.74) is -0.206. The van der Waals surface area contributed by atoms with Crippen LogP contribution in [-0.4, -0.2) is 34.8 Å². The first-order valence-electron chi connectivity index (χ1n) is 5.34. The fourth-order valence-corrected chi connectivity index (χ4v) is 1.68. The van der Waals surface area contributed by atoms with Crippen molar-refractivity contribution in [1.82, 2.24) is 4.98 Å². The quantitative estimate of drug-likeness (QED) is 0.867. The van der Waals surface area contributed by atoms with Crippen LogP contribution in [0.5, 0.6) is 0 Å². The number of carbonyl (C=O) groups is 1. The summed E-state index contributed by atoms with van der Waals surface area (Å²) in [5, 5.41) is 8.70. The molecule has 0 aliphatic heterocycles. The van der Waals surface area contributed by atoms with Crippen LogP contribution < -0.4 is 4.90 Å². The maximum atomic E-state index is 12.5. The van der Waals surface area contributed by atoms with Gasteiger partial charge in [-0.25, -0.2) is 9.78 Å². The number of pyridine rings is 1. The number of aromatic carboxylic acids is 1. The second kappa shape index (κ2) is 5.64. The van der Waals surface area contributed by atoms with Gasteiger partial charge in [0.25, 0.3) is 0 Å². The molecule has 19 heavy (non-hydrogen) atoms. The van der Waals surface area contributed by atoms with Crippen molar-refractivity contribution in [2.75, 3.05) is 11.4 Å². The highest BCUT2D eigenvalue weighted by molar-refractivity contribution is 6.29. The Bertz CT molecular complexity index is 477. The van der Waals surface area contributed by atoms with Crippen molar-refractivity contribution >= 4 is 23.4 Å². The molecule has 1 heterocycles. The normalized spacial score (nSPS) is 11.7. The Morgan fingerprint density at radius 2 is 2.05 bits per heavy atom. The first kappa shape index (κ1) is 15.6. The van der Waals surface area contributed by atoms with Crippen LogP contribution in [0.2, 0.25) is 5.15 Å². The average molecular weight is 297 g/mol. The maximum absolute atomic E-state index is 12.5. The van der Waals surface area contributed by atoms with Crippen LogP contribution in [0.1, 0.15) is 24.2 Å². The standard InChI is InChI=1S/C11H12ClF3N2O2/c1-6(2)17(5-11(13,14)15)9-4-7(10(18)19)3-8(12)16-9/h3-4,6H,5H2,1-2H3,(H,18,19). The molecule has 0 fully saturated rings. The van der Waals surface area contributed by atoms with Gasteiger partial charge in [0.15, 0.2) is 0 Å². The molecule has 1 N–H and O–H groups in total. The van der Waals surface area contributed by atoms with Gasteiger partial charge in [-0.1, -0.05) is 11.6 Å². The molecule has 0 aliphatic rings. The lowest BCUT2D eigenvalue weighted by Crippen LogP contribution is -2.39. The number of hydrogen-bond donors (Lipinski definition) is 1. The highest BCUT2D eigenvalue weighted by Gasteiger charge is 2.32. The van der Waals surface area contributed by atoms with Gasteiger partial charge in [-0.3, -0.25) is 0 Å². The van der Waals surface area contributed by atoms with Gasteiger partial charge in [-0.05, 0) is 26.0 Å². The lowest BCUT2D eigenvalue weighted by molar-refractivity contribution is -0.120. The van der Waals surface area contributed by atoms with Crippen LogP contribution in [0, 0.1) is 0 Å². The van der Waals surface area contributed by atoms with E-state index in [0.29, 0.717) is 0 Å². The van der Waals surface area contributed by atoms with Crippen molar-refractivity contribution in [3.8, 4) is 0 Å². The highest BCUT2D eigenvalue weighted by atomic mass is 35.5. The predicted octanol–water partition coefficient (Wildman–Crippen LogP) is 3.21. The zero-order chi connectivity index (χ0) is 14.8. The SMILES string of the molecule is CC(C)N(CC(F)(F)F)c1cc(C(=O)O)cc(Cl)n1. The molecule has 0 atom stereocenters. The average Bonchev–Trinajstić information content (AvgIpc) is 2.23. The third-order valence-corrected chi connectivity index (χ3v) is 2.49. The molecule has 8 heteroatoms. The van der Waals surface area contributed by atoms with Crippen LogP contribution >= 0.6 is 11.6 Å². The lowest BCUT2D eigenvalue weighted by atomic mass is 10.2. The highest BCUT2D eigenvalue weighted by Crippen LogP contribution is 2.25. The molecular formula is C11H12ClF3N2O2. The Labute approximate surface area is 112 Å². The van der Waals surface area contributed by atoms with Crippen molar-refractivity contribution in [3.63, 3.8) is 0 Å². The first-order chi connectivity index (χ1) is 8.60. The molecule has 0 aliphatic carbocycles. The number of carboxylic acid groups (broad SMARTS) is 1. The van der Waals surface area contributed by atoms with Crippen molar-refractivity contribution in [2.45, 2.75) is 26.1 Å². The van der Waals surface area contributed by atoms with Gasteiger partial charge in [0.1, 0.15) is 17.5 Å². The second-order valence-corrected chi connectivity index (χ2v) is 4.57. The van der Waals surface area contributed by atoms with E-state index in [2.05, 4.69) is 4.98 Å². The van der Waals surface area contributed by atoms with E-state index in [0.717, 1.165) is 17.0 Å². The van der Waals surface area contributed by atoms with Gasteiger partial charge in [-0.2, -0.15) is 13.2 Å². The molecule has 0 saturated heterocycles. The van der Waals surface area contributed by atoms with Crippen LogP contribution in [0.4, 0.5) is 19.0 Å². The molecule has 0 aromatic carbocycles. The molecule has 0 bridgehead atoms. The Morgan fingerprint density at radius 1 is 1.47 bits per heavy atom. The molecule has 0 radical (unpaired) electrons. The van der Waals surface area contributed by atoms with Gasteiger partial charge < -0.3 is 10.0 Å². The minimum atomic E-state index is -4.42. The molecule has 0 unspecified atom stereocenters. The van der Waals surface area contributed by atoms with E-state index in [-0.39, 0.29) is 16.5 Å². The number of nitrogens with zero attached hydrogens (tertiary/aromatic N) is 2. The number of hydrogen-bond acceptors (Lipinski definition) is 3. The van der Waals surface area contributed by atoms with Gasteiger partial charge >= 0.3 is 12.1 Å². The molecule has 1 aromatic heterocycles. The van der Waals surface area contributed by atoms with Crippen LogP contribution in [0.3, 0.4) is 0 Å². The fraction of sp³-hybridized carbons (Fsp3) is 0.455. The third-order valence-electron chi connectivity index (χ3n) is 2.29. The predicted molar refractivity (Wildman–Crippen MR) is 64.7 cm³/mol. The van der Waals surface area contributed by atoms with E-state index in [1.807, 2.05) is 0 Å². The molecule has 1 aromatic rings. The van der Waals surface area contributed by atoms with Crippen LogP contribution in [0.15, 0.2) is 12.1 Å². The summed E-state index contributed by atoms with van der Waals surface area (Å²) in [5.74, 6) is -1.39. The minimum absolute atomic E-state index is 0.114. The van der Waals surface area contributed by atoms with Crippen molar-refractivity contribution in [3.05, 3.63) is 22.8 Å². The Kier molecular flexibility index (Phi) is 4.62. The zero-order valence-corrected chi connectivity index (χ0v) is 11.0. The number of anilines is 1. The molecule has 106 valence electrons. The molecule has 1 rings (SSSR count).